The van der Waals surface area contributed by atoms with Gasteiger partial charge in [0.05, 0.1) is 16.9 Å². The summed E-state index contributed by atoms with van der Waals surface area (Å²) in [5.41, 5.74) is 1.02. The summed E-state index contributed by atoms with van der Waals surface area (Å²) in [5.74, 6) is 0.593. The zero-order valence-corrected chi connectivity index (χ0v) is 14.5. The number of hydrogen-bond donors (Lipinski definition) is 2. The summed E-state index contributed by atoms with van der Waals surface area (Å²) in [5, 5.41) is 9.47. The molecule has 0 bridgehead atoms. The smallest absolute Gasteiger partial charge is 0.320 e. The molecule has 2 N–H and O–H groups in total. The molecule has 0 radical (unpaired) electrons. The Labute approximate surface area is 142 Å². The molecule has 2 aromatic heterocycles. The first-order chi connectivity index (χ1) is 11.1. The lowest BCUT2D eigenvalue weighted by Crippen LogP contribution is -2.28. The van der Waals surface area contributed by atoms with E-state index in [0.717, 1.165) is 27.3 Å². The quantitative estimate of drug-likeness (QED) is 0.744. The molecule has 0 saturated carbocycles. The molecule has 0 atom stereocenters. The predicted octanol–water partition coefficient (Wildman–Crippen LogP) is 3.14. The van der Waals surface area contributed by atoms with Crippen LogP contribution in [-0.4, -0.2) is 34.4 Å². The third kappa shape index (κ3) is 4.04. The van der Waals surface area contributed by atoms with Gasteiger partial charge in [-0.05, 0) is 37.8 Å². The number of aromatic nitrogens is 2. The van der Waals surface area contributed by atoms with Gasteiger partial charge in [0.1, 0.15) is 5.01 Å². The first kappa shape index (κ1) is 15.9. The summed E-state index contributed by atoms with van der Waals surface area (Å²) in [7, 11) is 4.01. The van der Waals surface area contributed by atoms with E-state index in [9.17, 15) is 4.79 Å². The van der Waals surface area contributed by atoms with Crippen LogP contribution in [0.25, 0.3) is 10.1 Å². The van der Waals surface area contributed by atoms with Crippen molar-refractivity contribution in [1.82, 2.24) is 19.6 Å². The summed E-state index contributed by atoms with van der Waals surface area (Å²) in [6.07, 6.45) is 0. The van der Waals surface area contributed by atoms with Crippen LogP contribution in [-0.2, 0) is 13.1 Å². The van der Waals surface area contributed by atoms with Crippen molar-refractivity contribution in [2.75, 3.05) is 19.4 Å². The minimum Gasteiger partial charge on any atom is -0.331 e. The highest BCUT2D eigenvalue weighted by atomic mass is 32.1. The number of carbonyl (C=O) groups is 1. The monoisotopic (exact) mass is 347 g/mol. The summed E-state index contributed by atoms with van der Waals surface area (Å²) >= 11 is 2.92. The van der Waals surface area contributed by atoms with E-state index in [2.05, 4.69) is 24.9 Å². The van der Waals surface area contributed by atoms with Gasteiger partial charge in [0.15, 0.2) is 5.82 Å². The molecule has 23 heavy (non-hydrogen) atoms. The first-order valence-electron chi connectivity index (χ1n) is 7.09. The van der Waals surface area contributed by atoms with Crippen molar-refractivity contribution in [3.8, 4) is 0 Å². The van der Waals surface area contributed by atoms with E-state index in [1.807, 2.05) is 43.7 Å². The molecular formula is C15H17N5OS2. The fourth-order valence-electron chi connectivity index (χ4n) is 2.11. The Hall–Kier alpha value is -2.03. The Bertz CT molecular complexity index is 811. The van der Waals surface area contributed by atoms with Gasteiger partial charge in [0.25, 0.3) is 0 Å². The summed E-state index contributed by atoms with van der Waals surface area (Å²) in [6, 6.07) is 7.55. The van der Waals surface area contributed by atoms with E-state index < -0.39 is 0 Å². The number of fused-ring (bicyclic) bond motifs is 1. The van der Waals surface area contributed by atoms with Gasteiger partial charge >= 0.3 is 6.03 Å². The number of benzene rings is 1. The van der Waals surface area contributed by atoms with E-state index in [1.165, 1.54) is 11.5 Å². The van der Waals surface area contributed by atoms with Gasteiger partial charge in [-0.3, -0.25) is 5.32 Å². The molecule has 0 unspecified atom stereocenters. The number of thiazole rings is 1. The standard InChI is InChI=1S/C15H17N5OS2/c1-20(2)8-10-9-22-13(17-10)7-16-15(21)18-14-11-5-3-4-6-12(11)23-19-14/h3-6,9H,7-8H2,1-2H3,(H2,16,18,19,21). The van der Waals surface area contributed by atoms with Gasteiger partial charge in [-0.1, -0.05) is 12.1 Å². The molecule has 0 aliphatic carbocycles. The summed E-state index contributed by atoms with van der Waals surface area (Å²) in [4.78, 5) is 18.6. The van der Waals surface area contributed by atoms with Gasteiger partial charge in [-0.2, -0.15) is 4.37 Å². The molecule has 3 rings (SSSR count). The van der Waals surface area contributed by atoms with Crippen LogP contribution in [0.3, 0.4) is 0 Å². The number of urea groups is 1. The average Bonchev–Trinajstić information content (AvgIpc) is 3.12. The topological polar surface area (TPSA) is 70.2 Å². The lowest BCUT2D eigenvalue weighted by atomic mass is 10.3. The van der Waals surface area contributed by atoms with E-state index in [1.54, 1.807) is 11.3 Å². The summed E-state index contributed by atoms with van der Waals surface area (Å²) < 4.78 is 5.33. The third-order valence-corrected chi connectivity index (χ3v) is 4.81. The maximum atomic E-state index is 12.0. The van der Waals surface area contributed by atoms with Gasteiger partial charge in [-0.25, -0.2) is 9.78 Å². The van der Waals surface area contributed by atoms with Crippen LogP contribution in [0.1, 0.15) is 10.7 Å². The molecule has 0 fully saturated rings. The number of anilines is 1. The van der Waals surface area contributed by atoms with Crippen molar-refractivity contribution in [1.29, 1.82) is 0 Å². The Balaban J connectivity index is 1.56. The number of rotatable bonds is 5. The average molecular weight is 347 g/mol. The molecule has 2 heterocycles. The van der Waals surface area contributed by atoms with Crippen LogP contribution in [0.15, 0.2) is 29.6 Å². The van der Waals surface area contributed by atoms with Crippen molar-refractivity contribution in [2.45, 2.75) is 13.1 Å². The molecule has 2 amide bonds. The van der Waals surface area contributed by atoms with Gasteiger partial charge in [-0.15, -0.1) is 11.3 Å². The Morgan fingerprint density at radius 3 is 2.96 bits per heavy atom. The molecule has 8 heteroatoms. The minimum atomic E-state index is -0.273. The number of hydrogen-bond acceptors (Lipinski definition) is 6. The van der Waals surface area contributed by atoms with Gasteiger partial charge in [0, 0.05) is 17.3 Å². The van der Waals surface area contributed by atoms with Crippen molar-refractivity contribution in [2.24, 2.45) is 0 Å². The van der Waals surface area contributed by atoms with Crippen molar-refractivity contribution >= 4 is 44.8 Å². The SMILES string of the molecule is CN(C)Cc1csc(CNC(=O)Nc2nsc3ccccc23)n1. The second kappa shape index (κ2) is 7.03. The zero-order valence-electron chi connectivity index (χ0n) is 12.9. The van der Waals surface area contributed by atoms with Crippen LogP contribution in [0.2, 0.25) is 0 Å². The number of nitrogens with zero attached hydrogens (tertiary/aromatic N) is 3. The van der Waals surface area contributed by atoms with Crippen molar-refractivity contribution < 1.29 is 4.79 Å². The van der Waals surface area contributed by atoms with E-state index in [-0.39, 0.29) is 6.03 Å². The Morgan fingerprint density at radius 1 is 1.30 bits per heavy atom. The van der Waals surface area contributed by atoms with Crippen molar-refractivity contribution in [3.05, 3.63) is 40.3 Å². The maximum absolute atomic E-state index is 12.0. The van der Waals surface area contributed by atoms with Crippen LogP contribution in [0, 0.1) is 0 Å². The molecule has 0 aliphatic rings. The zero-order chi connectivity index (χ0) is 16.2. The highest BCUT2D eigenvalue weighted by molar-refractivity contribution is 7.13. The predicted molar refractivity (Wildman–Crippen MR) is 95.0 cm³/mol. The van der Waals surface area contributed by atoms with Crippen molar-refractivity contribution in [3.63, 3.8) is 0 Å². The maximum Gasteiger partial charge on any atom is 0.320 e. The van der Waals surface area contributed by atoms with Crippen LogP contribution < -0.4 is 10.6 Å². The molecular weight excluding hydrogens is 330 g/mol. The highest BCUT2D eigenvalue weighted by Gasteiger charge is 2.10. The molecule has 0 aliphatic heterocycles. The third-order valence-electron chi connectivity index (χ3n) is 3.09. The first-order valence-corrected chi connectivity index (χ1v) is 8.74. The summed E-state index contributed by atoms with van der Waals surface area (Å²) in [6.45, 7) is 1.21. The van der Waals surface area contributed by atoms with E-state index >= 15 is 0 Å². The molecule has 0 saturated heterocycles. The van der Waals surface area contributed by atoms with Crippen LogP contribution >= 0.6 is 22.9 Å². The van der Waals surface area contributed by atoms with E-state index in [4.69, 9.17) is 0 Å². The van der Waals surface area contributed by atoms with E-state index in [0.29, 0.717) is 12.4 Å². The Morgan fingerprint density at radius 2 is 2.13 bits per heavy atom. The number of amides is 2. The lowest BCUT2D eigenvalue weighted by Gasteiger charge is -2.06. The van der Waals surface area contributed by atoms with Crippen LogP contribution in [0.4, 0.5) is 10.6 Å². The fraction of sp³-hybridized carbons (Fsp3) is 0.267. The molecule has 3 aromatic rings. The normalized spacial score (nSPS) is 11.1. The Kier molecular flexibility index (Phi) is 4.85. The second-order valence-corrected chi connectivity index (χ2v) is 7.05. The highest BCUT2D eigenvalue weighted by Crippen LogP contribution is 2.25. The largest absolute Gasteiger partial charge is 0.331 e. The molecule has 120 valence electrons. The second-order valence-electron chi connectivity index (χ2n) is 5.31. The number of carbonyl (C=O) groups excluding carboxylic acids is 1. The minimum absolute atomic E-state index is 0.273. The fourth-order valence-corrected chi connectivity index (χ4v) is 3.57. The van der Waals surface area contributed by atoms with Crippen LogP contribution in [0.5, 0.6) is 0 Å². The molecule has 0 spiro atoms. The lowest BCUT2D eigenvalue weighted by molar-refractivity contribution is 0.251. The molecule has 6 nitrogen and oxygen atoms in total. The van der Waals surface area contributed by atoms with Gasteiger partial charge < -0.3 is 10.2 Å². The molecule has 1 aromatic carbocycles. The number of nitrogens with one attached hydrogen (secondary N) is 2. The van der Waals surface area contributed by atoms with Gasteiger partial charge in [0.2, 0.25) is 0 Å².